The van der Waals surface area contributed by atoms with Gasteiger partial charge in [-0.25, -0.2) is 8.78 Å². The van der Waals surface area contributed by atoms with Crippen LogP contribution in [-0.2, 0) is 11.3 Å². The Morgan fingerprint density at radius 2 is 1.95 bits per heavy atom. The molecule has 1 saturated heterocycles. The molecule has 0 bridgehead atoms. The van der Waals surface area contributed by atoms with E-state index >= 15 is 0 Å². The summed E-state index contributed by atoms with van der Waals surface area (Å²) in [4.78, 5) is 0. The maximum Gasteiger partial charge on any atom is 0.130 e. The highest BCUT2D eigenvalue weighted by molar-refractivity contribution is 5.18. The van der Waals surface area contributed by atoms with Crippen LogP contribution in [0.5, 0.6) is 0 Å². The van der Waals surface area contributed by atoms with E-state index in [9.17, 15) is 8.78 Å². The Morgan fingerprint density at radius 1 is 1.26 bits per heavy atom. The molecule has 0 aromatic heterocycles. The number of hydrogen-bond donors (Lipinski definition) is 1. The predicted octanol–water partition coefficient (Wildman–Crippen LogP) is 3.40. The Kier molecular flexibility index (Phi) is 3.67. The lowest BCUT2D eigenvalue weighted by Crippen LogP contribution is -2.43. The van der Waals surface area contributed by atoms with Gasteiger partial charge in [-0.2, -0.15) is 0 Å². The summed E-state index contributed by atoms with van der Waals surface area (Å²) in [6.07, 6.45) is 0.864. The summed E-state index contributed by atoms with van der Waals surface area (Å²) in [6.45, 7) is 8.53. The number of benzene rings is 1. The van der Waals surface area contributed by atoms with Crippen LogP contribution in [0, 0.1) is 11.6 Å². The third kappa shape index (κ3) is 3.31. The van der Waals surface area contributed by atoms with Crippen LogP contribution in [-0.4, -0.2) is 17.2 Å². The second-order valence-corrected chi connectivity index (χ2v) is 6.34. The van der Waals surface area contributed by atoms with Crippen molar-refractivity contribution in [1.29, 1.82) is 0 Å². The van der Waals surface area contributed by atoms with Crippen LogP contribution in [0.2, 0.25) is 0 Å². The van der Waals surface area contributed by atoms with Crippen LogP contribution in [0.25, 0.3) is 0 Å². The van der Waals surface area contributed by atoms with Gasteiger partial charge in [0.2, 0.25) is 0 Å². The van der Waals surface area contributed by atoms with Gasteiger partial charge in [0.05, 0.1) is 11.2 Å². The lowest BCUT2D eigenvalue weighted by Gasteiger charge is -2.28. The molecule has 2 nitrogen and oxygen atoms in total. The zero-order valence-electron chi connectivity index (χ0n) is 11.9. The summed E-state index contributed by atoms with van der Waals surface area (Å²) < 4.78 is 32.4. The Hall–Kier alpha value is -1.00. The molecule has 1 atom stereocenters. The van der Waals surface area contributed by atoms with Crippen LogP contribution in [0.1, 0.15) is 39.7 Å². The van der Waals surface area contributed by atoms with Gasteiger partial charge in [-0.05, 0) is 40.2 Å². The molecule has 1 aromatic rings. The van der Waals surface area contributed by atoms with E-state index < -0.39 is 11.6 Å². The average Bonchev–Trinajstić information content (AvgIpc) is 2.45. The molecule has 1 N–H and O–H groups in total. The highest BCUT2D eigenvalue weighted by atomic mass is 19.1. The van der Waals surface area contributed by atoms with E-state index in [1.165, 1.54) is 12.1 Å². The number of hydrogen-bond acceptors (Lipinski definition) is 2. The third-order valence-corrected chi connectivity index (χ3v) is 3.63. The molecule has 0 spiro atoms. The quantitative estimate of drug-likeness (QED) is 0.908. The van der Waals surface area contributed by atoms with E-state index in [2.05, 4.69) is 19.2 Å². The molecule has 4 heteroatoms. The number of nitrogens with one attached hydrogen (secondary N) is 1. The normalized spacial score (nSPS) is 24.6. The SMILES string of the molecule is CC1(C)CC(NCc2ccc(F)cc2F)C(C)(C)O1. The fourth-order valence-corrected chi connectivity index (χ4v) is 2.78. The zero-order valence-corrected chi connectivity index (χ0v) is 11.9. The molecule has 2 rings (SSSR count). The third-order valence-electron chi connectivity index (χ3n) is 3.63. The van der Waals surface area contributed by atoms with Crippen LogP contribution < -0.4 is 5.32 Å². The van der Waals surface area contributed by atoms with Gasteiger partial charge >= 0.3 is 0 Å². The van der Waals surface area contributed by atoms with Gasteiger partial charge in [-0.3, -0.25) is 0 Å². The molecule has 1 aromatic carbocycles. The maximum atomic E-state index is 13.6. The minimum Gasteiger partial charge on any atom is -0.368 e. The van der Waals surface area contributed by atoms with Crippen molar-refractivity contribution in [3.63, 3.8) is 0 Å². The molecule has 1 aliphatic rings. The molecule has 1 unspecified atom stereocenters. The summed E-state index contributed by atoms with van der Waals surface area (Å²) in [5.74, 6) is -1.06. The van der Waals surface area contributed by atoms with E-state index in [-0.39, 0.29) is 17.2 Å². The van der Waals surface area contributed by atoms with Crippen molar-refractivity contribution in [3.05, 3.63) is 35.4 Å². The average molecular weight is 269 g/mol. The highest BCUT2D eigenvalue weighted by Crippen LogP contribution is 2.37. The van der Waals surface area contributed by atoms with E-state index in [0.717, 1.165) is 12.5 Å². The second-order valence-electron chi connectivity index (χ2n) is 6.34. The summed E-state index contributed by atoms with van der Waals surface area (Å²) >= 11 is 0. The first-order valence-electron chi connectivity index (χ1n) is 6.57. The number of rotatable bonds is 3. The molecule has 1 aliphatic heterocycles. The van der Waals surface area contributed by atoms with Gasteiger partial charge in [-0.15, -0.1) is 0 Å². The van der Waals surface area contributed by atoms with Crippen LogP contribution >= 0.6 is 0 Å². The van der Waals surface area contributed by atoms with Crippen LogP contribution in [0.4, 0.5) is 8.78 Å². The lowest BCUT2D eigenvalue weighted by atomic mass is 9.94. The van der Waals surface area contributed by atoms with Crippen molar-refractivity contribution in [3.8, 4) is 0 Å². The van der Waals surface area contributed by atoms with Gasteiger partial charge in [0.1, 0.15) is 11.6 Å². The topological polar surface area (TPSA) is 21.3 Å². The molecule has 19 heavy (non-hydrogen) atoms. The van der Waals surface area contributed by atoms with Crippen molar-refractivity contribution in [2.75, 3.05) is 0 Å². The monoisotopic (exact) mass is 269 g/mol. The van der Waals surface area contributed by atoms with E-state index in [1.807, 2.05) is 13.8 Å². The Bertz CT molecular complexity index is 471. The summed E-state index contributed by atoms with van der Waals surface area (Å²) in [5, 5.41) is 3.32. The summed E-state index contributed by atoms with van der Waals surface area (Å²) in [5.41, 5.74) is 0.00426. The first kappa shape index (κ1) is 14.4. The van der Waals surface area contributed by atoms with Crippen molar-refractivity contribution in [2.45, 2.75) is 57.9 Å². The predicted molar refractivity (Wildman–Crippen MR) is 70.8 cm³/mol. The zero-order chi connectivity index (χ0) is 14.3. The second kappa shape index (κ2) is 4.84. The van der Waals surface area contributed by atoms with Gasteiger partial charge in [0, 0.05) is 24.2 Å². The van der Waals surface area contributed by atoms with E-state index in [1.54, 1.807) is 0 Å². The van der Waals surface area contributed by atoms with E-state index in [0.29, 0.717) is 12.1 Å². The minimum atomic E-state index is -0.549. The number of ether oxygens (including phenoxy) is 1. The first-order chi connectivity index (χ1) is 8.70. The molecular formula is C15H21F2NO. The first-order valence-corrected chi connectivity index (χ1v) is 6.57. The fourth-order valence-electron chi connectivity index (χ4n) is 2.78. The van der Waals surface area contributed by atoms with Gasteiger partial charge in [-0.1, -0.05) is 6.07 Å². The molecule has 0 amide bonds. The highest BCUT2D eigenvalue weighted by Gasteiger charge is 2.45. The van der Waals surface area contributed by atoms with Crippen LogP contribution in [0.15, 0.2) is 18.2 Å². The molecule has 106 valence electrons. The lowest BCUT2D eigenvalue weighted by molar-refractivity contribution is -0.0699. The number of halogens is 2. The van der Waals surface area contributed by atoms with Crippen molar-refractivity contribution in [1.82, 2.24) is 5.32 Å². The Balaban J connectivity index is 2.03. The summed E-state index contributed by atoms with van der Waals surface area (Å²) in [6, 6.07) is 3.82. The molecule has 0 radical (unpaired) electrons. The molecular weight excluding hydrogens is 248 g/mol. The Labute approximate surface area is 113 Å². The van der Waals surface area contributed by atoms with Gasteiger partial charge in [0.25, 0.3) is 0 Å². The Morgan fingerprint density at radius 3 is 2.47 bits per heavy atom. The summed E-state index contributed by atoms with van der Waals surface area (Å²) in [7, 11) is 0. The van der Waals surface area contributed by atoms with Gasteiger partial charge in [0.15, 0.2) is 0 Å². The fraction of sp³-hybridized carbons (Fsp3) is 0.600. The molecule has 0 aliphatic carbocycles. The molecule has 1 fully saturated rings. The van der Waals surface area contributed by atoms with E-state index in [4.69, 9.17) is 4.74 Å². The largest absolute Gasteiger partial charge is 0.368 e. The van der Waals surface area contributed by atoms with Crippen molar-refractivity contribution >= 4 is 0 Å². The van der Waals surface area contributed by atoms with Crippen molar-refractivity contribution < 1.29 is 13.5 Å². The maximum absolute atomic E-state index is 13.6. The standard InChI is InChI=1S/C15H21F2NO/c1-14(2)8-13(15(3,4)19-14)18-9-10-5-6-11(16)7-12(10)17/h5-7,13,18H,8-9H2,1-4H3. The van der Waals surface area contributed by atoms with Crippen molar-refractivity contribution in [2.24, 2.45) is 0 Å². The smallest absolute Gasteiger partial charge is 0.130 e. The molecule has 1 heterocycles. The minimum absolute atomic E-state index is 0.145. The van der Waals surface area contributed by atoms with Gasteiger partial charge < -0.3 is 10.1 Å². The van der Waals surface area contributed by atoms with Crippen LogP contribution in [0.3, 0.4) is 0 Å². The molecule has 0 saturated carbocycles.